The van der Waals surface area contributed by atoms with E-state index in [1.807, 2.05) is 5.32 Å². The molecule has 1 aromatic carbocycles. The van der Waals surface area contributed by atoms with E-state index in [9.17, 15) is 22.8 Å². The van der Waals surface area contributed by atoms with Crippen molar-refractivity contribution in [2.75, 3.05) is 11.9 Å². The second kappa shape index (κ2) is 9.43. The monoisotopic (exact) mass is 451 g/mol. The highest BCUT2D eigenvalue weighted by molar-refractivity contribution is 6.34. The molecule has 0 atom stereocenters. The number of halogens is 4. The van der Waals surface area contributed by atoms with Gasteiger partial charge in [0, 0.05) is 12.4 Å². The largest absolute Gasteiger partial charge is 0.452 e. The Labute approximate surface area is 178 Å². The van der Waals surface area contributed by atoms with Gasteiger partial charge in [0.25, 0.3) is 5.91 Å². The molecule has 160 valence electrons. The average Bonchev–Trinajstić information content (AvgIpc) is 2.74. The van der Waals surface area contributed by atoms with E-state index in [-0.39, 0.29) is 16.5 Å². The number of benzene rings is 1. The smallest absolute Gasteiger partial charge is 0.418 e. The molecular weight excluding hydrogens is 439 g/mol. The number of aromatic nitrogens is 2. The third-order valence-corrected chi connectivity index (χ3v) is 4.07. The number of rotatable bonds is 6. The number of ether oxygens (including phenoxy) is 2. The molecule has 1 N–H and O–H groups in total. The van der Waals surface area contributed by atoms with Crippen molar-refractivity contribution in [2.24, 2.45) is 0 Å². The highest BCUT2D eigenvalue weighted by Crippen LogP contribution is 2.38. The van der Waals surface area contributed by atoms with Crippen molar-refractivity contribution in [3.05, 3.63) is 77.2 Å². The first kappa shape index (κ1) is 22.0. The SMILES string of the molecule is O=C(COC(=O)c1cccnc1Oc1cccnc1)Nc1c(Cl)cccc1C(F)(F)F. The molecule has 0 bridgehead atoms. The number of esters is 1. The van der Waals surface area contributed by atoms with Crippen LogP contribution in [0.4, 0.5) is 18.9 Å². The van der Waals surface area contributed by atoms with Gasteiger partial charge < -0.3 is 14.8 Å². The van der Waals surface area contributed by atoms with Crippen LogP contribution in [0.3, 0.4) is 0 Å². The van der Waals surface area contributed by atoms with Gasteiger partial charge in [-0.05, 0) is 36.4 Å². The van der Waals surface area contributed by atoms with E-state index >= 15 is 0 Å². The molecule has 0 aliphatic heterocycles. The maximum Gasteiger partial charge on any atom is 0.418 e. The molecule has 3 aromatic rings. The fraction of sp³-hybridized carbons (Fsp3) is 0.100. The molecule has 2 aromatic heterocycles. The number of anilines is 1. The second-order valence-electron chi connectivity index (χ2n) is 5.93. The summed E-state index contributed by atoms with van der Waals surface area (Å²) in [6.45, 7) is -0.859. The topological polar surface area (TPSA) is 90.4 Å². The van der Waals surface area contributed by atoms with Crippen LogP contribution in [0, 0.1) is 0 Å². The van der Waals surface area contributed by atoms with Crippen LogP contribution >= 0.6 is 11.6 Å². The van der Waals surface area contributed by atoms with Gasteiger partial charge in [-0.2, -0.15) is 13.2 Å². The Morgan fingerprint density at radius 1 is 1.06 bits per heavy atom. The van der Waals surface area contributed by atoms with Gasteiger partial charge in [-0.25, -0.2) is 9.78 Å². The zero-order chi connectivity index (χ0) is 22.4. The molecule has 0 aliphatic rings. The summed E-state index contributed by atoms with van der Waals surface area (Å²) >= 11 is 5.78. The summed E-state index contributed by atoms with van der Waals surface area (Å²) in [4.78, 5) is 32.3. The number of hydrogen-bond acceptors (Lipinski definition) is 6. The Bertz CT molecular complexity index is 1090. The van der Waals surface area contributed by atoms with Crippen LogP contribution in [0.2, 0.25) is 5.02 Å². The Balaban J connectivity index is 1.68. The number of pyridine rings is 2. The van der Waals surface area contributed by atoms with Crippen molar-refractivity contribution in [2.45, 2.75) is 6.18 Å². The number of carbonyl (C=O) groups excluding carboxylic acids is 2. The van der Waals surface area contributed by atoms with Gasteiger partial charge in [-0.15, -0.1) is 0 Å². The molecule has 1 amide bonds. The molecule has 0 saturated carbocycles. The van der Waals surface area contributed by atoms with Crippen LogP contribution < -0.4 is 10.1 Å². The zero-order valence-electron chi connectivity index (χ0n) is 15.5. The van der Waals surface area contributed by atoms with Crippen molar-refractivity contribution in [3.8, 4) is 11.6 Å². The minimum absolute atomic E-state index is 0.0899. The first-order chi connectivity index (χ1) is 14.8. The molecule has 31 heavy (non-hydrogen) atoms. The van der Waals surface area contributed by atoms with Gasteiger partial charge in [0.05, 0.1) is 22.5 Å². The van der Waals surface area contributed by atoms with Gasteiger partial charge in [-0.3, -0.25) is 9.78 Å². The third-order valence-electron chi connectivity index (χ3n) is 3.76. The van der Waals surface area contributed by atoms with Crippen molar-refractivity contribution in [1.29, 1.82) is 0 Å². The second-order valence-corrected chi connectivity index (χ2v) is 6.34. The van der Waals surface area contributed by atoms with Crippen LogP contribution in [-0.2, 0) is 15.7 Å². The molecule has 0 radical (unpaired) electrons. The van der Waals surface area contributed by atoms with Crippen molar-refractivity contribution in [3.63, 3.8) is 0 Å². The number of carbonyl (C=O) groups is 2. The summed E-state index contributed by atoms with van der Waals surface area (Å²) in [5, 5.41) is 1.71. The molecule has 3 rings (SSSR count). The van der Waals surface area contributed by atoms with Crippen LogP contribution in [0.5, 0.6) is 11.6 Å². The summed E-state index contributed by atoms with van der Waals surface area (Å²) in [7, 11) is 0. The van der Waals surface area contributed by atoms with E-state index in [0.717, 1.165) is 12.1 Å². The molecular formula is C20H13ClF3N3O4. The van der Waals surface area contributed by atoms with E-state index in [1.54, 1.807) is 12.1 Å². The predicted octanol–water partition coefficient (Wildman–Crippen LogP) is 4.74. The molecule has 7 nitrogen and oxygen atoms in total. The van der Waals surface area contributed by atoms with Gasteiger partial charge in [0.2, 0.25) is 5.88 Å². The third kappa shape index (κ3) is 5.70. The minimum atomic E-state index is -4.74. The molecule has 11 heteroatoms. The number of hydrogen-bond donors (Lipinski definition) is 1. The van der Waals surface area contributed by atoms with Gasteiger partial charge in [0.1, 0.15) is 11.3 Å². The Kier molecular flexibility index (Phi) is 6.71. The lowest BCUT2D eigenvalue weighted by molar-refractivity contribution is -0.137. The van der Waals surface area contributed by atoms with Crippen molar-refractivity contribution < 1.29 is 32.2 Å². The summed E-state index contributed by atoms with van der Waals surface area (Å²) in [6, 6.07) is 9.08. The van der Waals surface area contributed by atoms with E-state index in [1.165, 1.54) is 36.8 Å². The number of amides is 1. The lowest BCUT2D eigenvalue weighted by Gasteiger charge is -2.15. The molecule has 0 fully saturated rings. The first-order valence-electron chi connectivity index (χ1n) is 8.61. The van der Waals surface area contributed by atoms with Crippen LogP contribution in [0.15, 0.2) is 61.1 Å². The highest BCUT2D eigenvalue weighted by Gasteiger charge is 2.34. The zero-order valence-corrected chi connectivity index (χ0v) is 16.3. The number of alkyl halides is 3. The normalized spacial score (nSPS) is 11.0. The summed E-state index contributed by atoms with van der Waals surface area (Å²) in [5.74, 6) is -1.75. The number of nitrogens with zero attached hydrogens (tertiary/aromatic N) is 2. The van der Waals surface area contributed by atoms with E-state index < -0.39 is 35.9 Å². The molecule has 0 spiro atoms. The summed E-state index contributed by atoms with van der Waals surface area (Å²) in [5.41, 5.74) is -1.84. The molecule has 0 saturated heterocycles. The Morgan fingerprint density at radius 2 is 1.84 bits per heavy atom. The lowest BCUT2D eigenvalue weighted by Crippen LogP contribution is -2.23. The molecule has 2 heterocycles. The van der Waals surface area contributed by atoms with E-state index in [0.29, 0.717) is 5.75 Å². The van der Waals surface area contributed by atoms with Gasteiger partial charge in [-0.1, -0.05) is 17.7 Å². The minimum Gasteiger partial charge on any atom is -0.452 e. The van der Waals surface area contributed by atoms with Crippen molar-refractivity contribution >= 4 is 29.2 Å². The van der Waals surface area contributed by atoms with Crippen LogP contribution in [-0.4, -0.2) is 28.5 Å². The quantitative estimate of drug-likeness (QED) is 0.544. The van der Waals surface area contributed by atoms with Gasteiger partial charge >= 0.3 is 12.1 Å². The number of nitrogens with one attached hydrogen (secondary N) is 1. The fourth-order valence-electron chi connectivity index (χ4n) is 2.42. The Morgan fingerprint density at radius 3 is 2.55 bits per heavy atom. The Hall–Kier alpha value is -3.66. The predicted molar refractivity (Wildman–Crippen MR) is 104 cm³/mol. The van der Waals surface area contributed by atoms with Crippen LogP contribution in [0.25, 0.3) is 0 Å². The van der Waals surface area contributed by atoms with Gasteiger partial charge in [0.15, 0.2) is 6.61 Å². The number of para-hydroxylation sites is 1. The molecule has 0 aliphatic carbocycles. The fourth-order valence-corrected chi connectivity index (χ4v) is 2.64. The summed E-state index contributed by atoms with van der Waals surface area (Å²) < 4.78 is 49.7. The van der Waals surface area contributed by atoms with Crippen LogP contribution in [0.1, 0.15) is 15.9 Å². The average molecular weight is 452 g/mol. The maximum atomic E-state index is 13.1. The molecule has 0 unspecified atom stereocenters. The van der Waals surface area contributed by atoms with E-state index in [4.69, 9.17) is 21.1 Å². The standard InChI is InChI=1S/C20H13ClF3N3O4/c21-15-7-1-6-14(20(22,23)24)17(15)27-16(28)11-30-19(29)13-5-3-9-26-18(13)31-12-4-2-8-25-10-12/h1-10H,11H2,(H,27,28). The summed E-state index contributed by atoms with van der Waals surface area (Å²) in [6.07, 6.45) is -0.426. The van der Waals surface area contributed by atoms with E-state index in [2.05, 4.69) is 9.97 Å². The lowest BCUT2D eigenvalue weighted by atomic mass is 10.1. The first-order valence-corrected chi connectivity index (χ1v) is 8.99. The maximum absolute atomic E-state index is 13.1. The highest BCUT2D eigenvalue weighted by atomic mass is 35.5. The van der Waals surface area contributed by atoms with Crippen molar-refractivity contribution in [1.82, 2.24) is 9.97 Å².